The Hall–Kier alpha value is -3.94. The van der Waals surface area contributed by atoms with E-state index < -0.39 is 5.91 Å². The van der Waals surface area contributed by atoms with E-state index in [-0.39, 0.29) is 17.3 Å². The van der Waals surface area contributed by atoms with E-state index in [2.05, 4.69) is 20.6 Å². The first kappa shape index (κ1) is 19.8. The molecule has 29 heavy (non-hydrogen) atoms. The van der Waals surface area contributed by atoms with Crippen LogP contribution in [0.3, 0.4) is 0 Å². The number of methoxy groups -OCH3 is 2. The van der Waals surface area contributed by atoms with Crippen LogP contribution in [0.1, 0.15) is 26.5 Å². The summed E-state index contributed by atoms with van der Waals surface area (Å²) in [7, 11) is 3.04. The Kier molecular flexibility index (Phi) is 6.36. The number of hydrogen-bond acceptors (Lipinski definition) is 6. The molecular formula is C21H20N4O4. The number of hydrogen-bond donors (Lipinski definition) is 2. The van der Waals surface area contributed by atoms with Gasteiger partial charge in [-0.25, -0.2) is 4.98 Å². The summed E-state index contributed by atoms with van der Waals surface area (Å²) in [6.07, 6.45) is 3.30. The third-order valence-corrected chi connectivity index (χ3v) is 4.07. The van der Waals surface area contributed by atoms with Crippen LogP contribution in [-0.2, 0) is 6.54 Å². The van der Waals surface area contributed by atoms with Gasteiger partial charge in [0.05, 0.1) is 19.9 Å². The third kappa shape index (κ3) is 5.07. The van der Waals surface area contributed by atoms with Crippen molar-refractivity contribution in [2.75, 3.05) is 19.5 Å². The summed E-state index contributed by atoms with van der Waals surface area (Å²) >= 11 is 0. The highest BCUT2D eigenvalue weighted by atomic mass is 16.5. The molecule has 2 amide bonds. The normalized spacial score (nSPS) is 10.1. The topological polar surface area (TPSA) is 102 Å². The molecular weight excluding hydrogens is 372 g/mol. The number of aromatic nitrogens is 2. The first-order valence-corrected chi connectivity index (χ1v) is 8.78. The fraction of sp³-hybridized carbons (Fsp3) is 0.143. The molecule has 1 aromatic carbocycles. The van der Waals surface area contributed by atoms with Crippen molar-refractivity contribution in [1.29, 1.82) is 0 Å². The minimum Gasteiger partial charge on any atom is -0.497 e. The van der Waals surface area contributed by atoms with Crippen molar-refractivity contribution >= 4 is 17.5 Å². The molecule has 0 aliphatic carbocycles. The number of nitrogens with zero attached hydrogens (tertiary/aromatic N) is 2. The number of carbonyl (C=O) groups excluding carboxylic acids is 2. The van der Waals surface area contributed by atoms with Gasteiger partial charge in [-0.2, -0.15) is 0 Å². The second-order valence-electron chi connectivity index (χ2n) is 5.97. The van der Waals surface area contributed by atoms with Gasteiger partial charge in [-0.05, 0) is 42.0 Å². The molecule has 3 aromatic rings. The van der Waals surface area contributed by atoms with E-state index in [1.54, 1.807) is 62.0 Å². The molecule has 8 nitrogen and oxygen atoms in total. The zero-order valence-corrected chi connectivity index (χ0v) is 16.0. The lowest BCUT2D eigenvalue weighted by Crippen LogP contribution is -2.25. The second kappa shape index (κ2) is 9.32. The van der Waals surface area contributed by atoms with Crippen LogP contribution in [0.4, 0.5) is 5.69 Å². The van der Waals surface area contributed by atoms with Crippen molar-refractivity contribution in [1.82, 2.24) is 15.3 Å². The lowest BCUT2D eigenvalue weighted by Gasteiger charge is -2.12. The molecule has 0 bridgehead atoms. The van der Waals surface area contributed by atoms with Crippen molar-refractivity contribution < 1.29 is 19.1 Å². The molecule has 0 spiro atoms. The second-order valence-corrected chi connectivity index (χ2v) is 5.97. The van der Waals surface area contributed by atoms with Gasteiger partial charge in [-0.1, -0.05) is 6.07 Å². The molecule has 0 unspecified atom stereocenters. The van der Waals surface area contributed by atoms with Gasteiger partial charge >= 0.3 is 0 Å². The maximum absolute atomic E-state index is 12.6. The number of pyridine rings is 2. The van der Waals surface area contributed by atoms with Gasteiger partial charge in [-0.3, -0.25) is 14.6 Å². The summed E-state index contributed by atoms with van der Waals surface area (Å²) in [5.74, 6) is 0.213. The summed E-state index contributed by atoms with van der Waals surface area (Å²) in [6, 6.07) is 13.3. The van der Waals surface area contributed by atoms with Gasteiger partial charge in [0, 0.05) is 25.0 Å². The molecule has 0 aliphatic rings. The zero-order chi connectivity index (χ0) is 20.6. The van der Waals surface area contributed by atoms with Crippen molar-refractivity contribution in [2.24, 2.45) is 0 Å². The van der Waals surface area contributed by atoms with Crippen LogP contribution in [-0.4, -0.2) is 36.0 Å². The predicted octanol–water partition coefficient (Wildman–Crippen LogP) is 2.68. The van der Waals surface area contributed by atoms with Crippen molar-refractivity contribution in [3.63, 3.8) is 0 Å². The van der Waals surface area contributed by atoms with Crippen molar-refractivity contribution in [2.45, 2.75) is 6.54 Å². The summed E-state index contributed by atoms with van der Waals surface area (Å²) in [4.78, 5) is 33.1. The number of anilines is 1. The number of benzene rings is 1. The highest BCUT2D eigenvalue weighted by molar-refractivity contribution is 6.04. The Bertz CT molecular complexity index is 1010. The van der Waals surface area contributed by atoms with Crippen molar-refractivity contribution in [3.05, 3.63) is 77.9 Å². The zero-order valence-electron chi connectivity index (χ0n) is 16.0. The lowest BCUT2D eigenvalue weighted by molar-refractivity contribution is 0.0945. The summed E-state index contributed by atoms with van der Waals surface area (Å²) in [5, 5.41) is 5.50. The van der Waals surface area contributed by atoms with E-state index in [9.17, 15) is 9.59 Å². The smallest absolute Gasteiger partial charge is 0.274 e. The highest BCUT2D eigenvalue weighted by Gasteiger charge is 2.14. The van der Waals surface area contributed by atoms with Crippen LogP contribution in [0, 0.1) is 0 Å². The van der Waals surface area contributed by atoms with Crippen LogP contribution >= 0.6 is 0 Å². The minimum absolute atomic E-state index is 0.111. The maximum atomic E-state index is 12.6. The molecule has 2 aromatic heterocycles. The monoisotopic (exact) mass is 392 g/mol. The van der Waals surface area contributed by atoms with E-state index in [1.807, 2.05) is 0 Å². The number of ether oxygens (including phenoxy) is 2. The number of amides is 2. The molecule has 3 rings (SSSR count). The fourth-order valence-electron chi connectivity index (χ4n) is 2.55. The Morgan fingerprint density at radius 3 is 2.34 bits per heavy atom. The van der Waals surface area contributed by atoms with Gasteiger partial charge in [0.15, 0.2) is 0 Å². The first-order valence-electron chi connectivity index (χ1n) is 8.78. The Morgan fingerprint density at radius 2 is 1.66 bits per heavy atom. The first-order chi connectivity index (χ1) is 14.1. The molecule has 148 valence electrons. The SMILES string of the molecule is COc1ccc(NC(=O)c2cccc(C(=O)NCc3ccncc3)n2)c(OC)c1. The maximum Gasteiger partial charge on any atom is 0.274 e. The largest absolute Gasteiger partial charge is 0.497 e. The molecule has 8 heteroatoms. The quantitative estimate of drug-likeness (QED) is 0.641. The van der Waals surface area contributed by atoms with Gasteiger partial charge in [0.25, 0.3) is 11.8 Å². The van der Waals surface area contributed by atoms with Crippen molar-refractivity contribution in [3.8, 4) is 11.5 Å². The van der Waals surface area contributed by atoms with Crippen LogP contribution in [0.5, 0.6) is 11.5 Å². The summed E-state index contributed by atoms with van der Waals surface area (Å²) in [5.41, 5.74) is 1.63. The van der Waals surface area contributed by atoms with E-state index in [4.69, 9.17) is 9.47 Å². The molecule has 0 fully saturated rings. The van der Waals surface area contributed by atoms with Crippen LogP contribution in [0.2, 0.25) is 0 Å². The van der Waals surface area contributed by atoms with Gasteiger partial charge in [-0.15, -0.1) is 0 Å². The number of rotatable bonds is 7. The highest BCUT2D eigenvalue weighted by Crippen LogP contribution is 2.29. The fourth-order valence-corrected chi connectivity index (χ4v) is 2.55. The van der Waals surface area contributed by atoms with Crippen LogP contribution in [0.25, 0.3) is 0 Å². The number of carbonyl (C=O) groups is 2. The summed E-state index contributed by atoms with van der Waals surface area (Å²) in [6.45, 7) is 0.336. The molecule has 0 radical (unpaired) electrons. The molecule has 0 atom stereocenters. The van der Waals surface area contributed by atoms with Crippen LogP contribution < -0.4 is 20.1 Å². The lowest BCUT2D eigenvalue weighted by atomic mass is 10.2. The number of nitrogens with one attached hydrogen (secondary N) is 2. The Morgan fingerprint density at radius 1 is 0.931 bits per heavy atom. The molecule has 0 saturated carbocycles. The molecule has 2 N–H and O–H groups in total. The molecule has 0 aliphatic heterocycles. The average Bonchev–Trinajstić information content (AvgIpc) is 2.78. The molecule has 0 saturated heterocycles. The Labute approximate surface area is 167 Å². The van der Waals surface area contributed by atoms with E-state index >= 15 is 0 Å². The molecule has 2 heterocycles. The van der Waals surface area contributed by atoms with Gasteiger partial charge in [0.1, 0.15) is 22.9 Å². The average molecular weight is 392 g/mol. The summed E-state index contributed by atoms with van der Waals surface area (Å²) < 4.78 is 10.4. The standard InChI is InChI=1S/C21H20N4O4/c1-28-15-6-7-16(19(12-15)29-2)25-21(27)18-5-3-4-17(24-18)20(26)23-13-14-8-10-22-11-9-14/h3-12H,13H2,1-2H3,(H,23,26)(H,25,27). The minimum atomic E-state index is -0.461. The Balaban J connectivity index is 1.70. The van der Waals surface area contributed by atoms with E-state index in [1.165, 1.54) is 13.2 Å². The van der Waals surface area contributed by atoms with E-state index in [0.29, 0.717) is 23.7 Å². The third-order valence-electron chi connectivity index (χ3n) is 4.07. The predicted molar refractivity (Wildman–Crippen MR) is 107 cm³/mol. The van der Waals surface area contributed by atoms with E-state index in [0.717, 1.165) is 5.56 Å². The van der Waals surface area contributed by atoms with Gasteiger partial charge in [0.2, 0.25) is 0 Å². The van der Waals surface area contributed by atoms with Crippen LogP contribution in [0.15, 0.2) is 60.9 Å². The van der Waals surface area contributed by atoms with Gasteiger partial charge < -0.3 is 20.1 Å².